The third-order valence-corrected chi connectivity index (χ3v) is 3.27. The van der Waals surface area contributed by atoms with Crippen LogP contribution in [0.5, 0.6) is 0 Å². The van der Waals surface area contributed by atoms with E-state index in [1.54, 1.807) is 6.20 Å². The molecule has 0 saturated carbocycles. The number of hydrazine groups is 1. The van der Waals surface area contributed by atoms with Crippen LogP contribution in [-0.4, -0.2) is 9.97 Å². The largest absolute Gasteiger partial charge is 0.339 e. The van der Waals surface area contributed by atoms with Gasteiger partial charge in [0.25, 0.3) is 0 Å². The fourth-order valence-electron chi connectivity index (χ4n) is 1.36. The van der Waals surface area contributed by atoms with E-state index in [0.717, 1.165) is 14.8 Å². The summed E-state index contributed by atoms with van der Waals surface area (Å²) in [5.41, 5.74) is 4.11. The van der Waals surface area contributed by atoms with Crippen LogP contribution in [-0.2, 0) is 0 Å². The van der Waals surface area contributed by atoms with E-state index < -0.39 is 0 Å². The van der Waals surface area contributed by atoms with Gasteiger partial charge in [0.05, 0.1) is 10.7 Å². The minimum absolute atomic E-state index is 0.352. The van der Waals surface area contributed by atoms with Gasteiger partial charge in [-0.1, -0.05) is 11.6 Å². The molecule has 2 aromatic rings. The van der Waals surface area contributed by atoms with Crippen molar-refractivity contribution in [2.45, 2.75) is 6.92 Å². The van der Waals surface area contributed by atoms with Crippen LogP contribution in [0.2, 0.25) is 5.02 Å². The van der Waals surface area contributed by atoms with Crippen LogP contribution in [0.25, 0.3) is 0 Å². The van der Waals surface area contributed by atoms with Crippen molar-refractivity contribution in [3.8, 4) is 0 Å². The lowest BCUT2D eigenvalue weighted by Gasteiger charge is -2.11. The second-order valence-electron chi connectivity index (χ2n) is 3.62. The molecule has 0 spiro atoms. The van der Waals surface area contributed by atoms with Crippen molar-refractivity contribution >= 4 is 51.6 Å². The summed E-state index contributed by atoms with van der Waals surface area (Å²) in [6.07, 6.45) is 1.69. The van der Waals surface area contributed by atoms with Crippen LogP contribution in [0.1, 0.15) is 5.56 Å². The Bertz CT molecular complexity index is 575. The number of aromatic nitrogens is 2. The standard InChI is InChI=1S/C11H11ClIN5/c1-6-5-15-11(18-14)17-10(6)16-9-3-2-7(13)4-8(9)12/h2-5H,14H2,1H3,(H2,15,16,17,18). The van der Waals surface area contributed by atoms with Gasteiger partial charge >= 0.3 is 0 Å². The van der Waals surface area contributed by atoms with Crippen molar-refractivity contribution in [2.75, 3.05) is 10.7 Å². The first kappa shape index (κ1) is 13.3. The summed E-state index contributed by atoms with van der Waals surface area (Å²) in [6, 6.07) is 5.75. The minimum atomic E-state index is 0.352. The Balaban J connectivity index is 2.33. The Morgan fingerprint density at radius 1 is 1.39 bits per heavy atom. The van der Waals surface area contributed by atoms with Crippen molar-refractivity contribution in [3.05, 3.63) is 38.6 Å². The quantitative estimate of drug-likeness (QED) is 0.437. The molecule has 0 aliphatic heterocycles. The SMILES string of the molecule is Cc1cnc(NN)nc1Nc1ccc(I)cc1Cl. The van der Waals surface area contributed by atoms with E-state index in [1.807, 2.05) is 25.1 Å². The maximum atomic E-state index is 6.15. The summed E-state index contributed by atoms with van der Waals surface area (Å²) < 4.78 is 1.08. The van der Waals surface area contributed by atoms with Gasteiger partial charge in [-0.3, -0.25) is 5.43 Å². The molecule has 94 valence electrons. The zero-order valence-electron chi connectivity index (χ0n) is 9.54. The van der Waals surface area contributed by atoms with Gasteiger partial charge < -0.3 is 5.32 Å². The van der Waals surface area contributed by atoms with Gasteiger partial charge in [-0.2, -0.15) is 4.98 Å². The Hall–Kier alpha value is -1.12. The zero-order chi connectivity index (χ0) is 13.1. The second-order valence-corrected chi connectivity index (χ2v) is 5.27. The van der Waals surface area contributed by atoms with Gasteiger partial charge in [0.15, 0.2) is 0 Å². The molecule has 0 fully saturated rings. The molecular weight excluding hydrogens is 365 g/mol. The summed E-state index contributed by atoms with van der Waals surface area (Å²) >= 11 is 8.36. The van der Waals surface area contributed by atoms with E-state index in [4.69, 9.17) is 17.4 Å². The molecule has 0 atom stereocenters. The Labute approximate surface area is 123 Å². The third-order valence-electron chi connectivity index (χ3n) is 2.29. The van der Waals surface area contributed by atoms with E-state index in [1.165, 1.54) is 0 Å². The fourth-order valence-corrected chi connectivity index (χ4v) is 2.26. The van der Waals surface area contributed by atoms with Crippen LogP contribution >= 0.6 is 34.2 Å². The summed E-state index contributed by atoms with van der Waals surface area (Å²) in [6.45, 7) is 1.91. The number of halogens is 2. The molecule has 5 nitrogen and oxygen atoms in total. The number of aryl methyl sites for hydroxylation is 1. The average Bonchev–Trinajstić information content (AvgIpc) is 2.35. The van der Waals surface area contributed by atoms with Crippen LogP contribution in [0, 0.1) is 10.5 Å². The lowest BCUT2D eigenvalue weighted by atomic mass is 10.3. The molecule has 0 saturated heterocycles. The number of nitrogens with zero attached hydrogens (tertiary/aromatic N) is 2. The molecule has 0 bridgehead atoms. The molecule has 1 aromatic heterocycles. The number of nitrogens with two attached hydrogens (primary N) is 1. The van der Waals surface area contributed by atoms with E-state index in [2.05, 4.69) is 43.3 Å². The maximum absolute atomic E-state index is 6.15. The van der Waals surface area contributed by atoms with Gasteiger partial charge in [-0.25, -0.2) is 10.8 Å². The van der Waals surface area contributed by atoms with E-state index in [0.29, 0.717) is 16.8 Å². The summed E-state index contributed by atoms with van der Waals surface area (Å²) in [5, 5.41) is 3.80. The van der Waals surface area contributed by atoms with Crippen LogP contribution in [0.3, 0.4) is 0 Å². The number of nitrogens with one attached hydrogen (secondary N) is 2. The monoisotopic (exact) mass is 375 g/mol. The lowest BCUT2D eigenvalue weighted by Crippen LogP contribution is -2.11. The van der Waals surface area contributed by atoms with Crippen LogP contribution in [0.4, 0.5) is 17.5 Å². The van der Waals surface area contributed by atoms with Crippen molar-refractivity contribution < 1.29 is 0 Å². The van der Waals surface area contributed by atoms with Crippen molar-refractivity contribution in [2.24, 2.45) is 5.84 Å². The summed E-state index contributed by atoms with van der Waals surface area (Å²) in [7, 11) is 0. The molecule has 18 heavy (non-hydrogen) atoms. The molecule has 0 aliphatic rings. The molecule has 4 N–H and O–H groups in total. The van der Waals surface area contributed by atoms with Crippen molar-refractivity contribution in [3.63, 3.8) is 0 Å². The molecule has 7 heteroatoms. The molecule has 0 radical (unpaired) electrons. The van der Waals surface area contributed by atoms with Crippen molar-refractivity contribution in [1.82, 2.24) is 9.97 Å². The molecule has 1 heterocycles. The zero-order valence-corrected chi connectivity index (χ0v) is 12.5. The molecular formula is C11H11ClIN5. The first-order chi connectivity index (χ1) is 8.60. The Morgan fingerprint density at radius 3 is 2.83 bits per heavy atom. The first-order valence-corrected chi connectivity index (χ1v) is 6.58. The summed E-state index contributed by atoms with van der Waals surface area (Å²) in [4.78, 5) is 8.24. The van der Waals surface area contributed by atoms with Crippen LogP contribution in [0.15, 0.2) is 24.4 Å². The molecule has 0 unspecified atom stereocenters. The second kappa shape index (κ2) is 5.68. The number of hydrogen-bond acceptors (Lipinski definition) is 5. The number of anilines is 3. The van der Waals surface area contributed by atoms with Gasteiger partial charge in [-0.15, -0.1) is 0 Å². The van der Waals surface area contributed by atoms with E-state index >= 15 is 0 Å². The van der Waals surface area contributed by atoms with E-state index in [9.17, 15) is 0 Å². The predicted molar refractivity (Wildman–Crippen MR) is 82.0 cm³/mol. The Kier molecular flexibility index (Phi) is 4.20. The van der Waals surface area contributed by atoms with Gasteiger partial charge in [0, 0.05) is 15.3 Å². The van der Waals surface area contributed by atoms with Crippen molar-refractivity contribution in [1.29, 1.82) is 0 Å². The smallest absolute Gasteiger partial charge is 0.239 e. The topological polar surface area (TPSA) is 75.9 Å². The summed E-state index contributed by atoms with van der Waals surface area (Å²) in [5.74, 6) is 6.30. The van der Waals surface area contributed by atoms with Gasteiger partial charge in [-0.05, 0) is 47.7 Å². The molecule has 0 aliphatic carbocycles. The number of nitrogen functional groups attached to an aromatic ring is 1. The van der Waals surface area contributed by atoms with Gasteiger partial charge in [0.2, 0.25) is 5.95 Å². The average molecular weight is 376 g/mol. The molecule has 2 rings (SSSR count). The highest BCUT2D eigenvalue weighted by Crippen LogP contribution is 2.27. The highest BCUT2D eigenvalue weighted by molar-refractivity contribution is 14.1. The van der Waals surface area contributed by atoms with Crippen LogP contribution < -0.4 is 16.6 Å². The molecule has 0 amide bonds. The fraction of sp³-hybridized carbons (Fsp3) is 0.0909. The molecule has 1 aromatic carbocycles. The number of benzene rings is 1. The highest BCUT2D eigenvalue weighted by atomic mass is 127. The predicted octanol–water partition coefficient (Wildman–Crippen LogP) is 3.07. The normalized spacial score (nSPS) is 10.2. The third kappa shape index (κ3) is 3.01. The minimum Gasteiger partial charge on any atom is -0.339 e. The maximum Gasteiger partial charge on any atom is 0.239 e. The Morgan fingerprint density at radius 2 is 2.17 bits per heavy atom. The van der Waals surface area contributed by atoms with Gasteiger partial charge in [0.1, 0.15) is 5.82 Å². The number of rotatable bonds is 3. The first-order valence-electron chi connectivity index (χ1n) is 5.12. The number of hydrogen-bond donors (Lipinski definition) is 3. The lowest BCUT2D eigenvalue weighted by molar-refractivity contribution is 1.09. The highest BCUT2D eigenvalue weighted by Gasteiger charge is 2.06. The van der Waals surface area contributed by atoms with E-state index in [-0.39, 0.29) is 0 Å².